The van der Waals surface area contributed by atoms with E-state index in [-0.39, 0.29) is 12.5 Å². The highest BCUT2D eigenvalue weighted by atomic mass is 16.1. The Kier molecular flexibility index (Phi) is 2.61. The summed E-state index contributed by atoms with van der Waals surface area (Å²) in [6.45, 7) is 1.87. The Morgan fingerprint density at radius 1 is 1.50 bits per heavy atom. The Bertz CT molecular complexity index is 577. The van der Waals surface area contributed by atoms with E-state index < -0.39 is 0 Å². The first-order valence-electron chi connectivity index (χ1n) is 4.96. The van der Waals surface area contributed by atoms with E-state index in [1.807, 2.05) is 37.3 Å². The second kappa shape index (κ2) is 4.07. The summed E-state index contributed by atoms with van der Waals surface area (Å²) < 4.78 is 0. The predicted octanol–water partition coefficient (Wildman–Crippen LogP) is 1.73. The molecule has 2 aromatic rings. The number of carbonyl (C=O) groups excluding carboxylic acids is 1. The largest absolute Gasteiger partial charge is 0.358 e. The molecule has 0 saturated heterocycles. The fraction of sp³-hybridized carbons (Fsp3) is 0.167. The zero-order valence-electron chi connectivity index (χ0n) is 8.87. The van der Waals surface area contributed by atoms with Gasteiger partial charge in [0, 0.05) is 16.6 Å². The summed E-state index contributed by atoms with van der Waals surface area (Å²) in [6, 6.07) is 9.49. The van der Waals surface area contributed by atoms with Crippen LogP contribution in [-0.2, 0) is 0 Å². The van der Waals surface area contributed by atoms with Crippen LogP contribution in [0.15, 0.2) is 24.3 Å². The zero-order chi connectivity index (χ0) is 11.5. The number of nitrogens with one attached hydrogen (secondary N) is 2. The normalized spacial score (nSPS) is 10.0. The van der Waals surface area contributed by atoms with Crippen molar-refractivity contribution in [1.82, 2.24) is 10.3 Å². The summed E-state index contributed by atoms with van der Waals surface area (Å²) >= 11 is 0. The van der Waals surface area contributed by atoms with Crippen LogP contribution in [0.2, 0.25) is 0 Å². The molecule has 0 saturated carbocycles. The van der Waals surface area contributed by atoms with Gasteiger partial charge in [-0.3, -0.25) is 4.79 Å². The molecule has 0 aliphatic carbocycles. The number of amides is 1. The number of H-pyrrole nitrogens is 1. The van der Waals surface area contributed by atoms with Gasteiger partial charge in [-0.05, 0) is 13.0 Å². The molecule has 1 aromatic carbocycles. The van der Waals surface area contributed by atoms with Gasteiger partial charge < -0.3 is 10.3 Å². The van der Waals surface area contributed by atoms with Crippen molar-refractivity contribution in [3.8, 4) is 6.07 Å². The van der Waals surface area contributed by atoms with Gasteiger partial charge in [-0.2, -0.15) is 5.26 Å². The van der Waals surface area contributed by atoms with Gasteiger partial charge in [-0.1, -0.05) is 18.2 Å². The number of benzene rings is 1. The first-order chi connectivity index (χ1) is 7.74. The summed E-state index contributed by atoms with van der Waals surface area (Å²) in [5.74, 6) is -0.212. The Morgan fingerprint density at radius 2 is 2.25 bits per heavy atom. The SMILES string of the molecule is Cc1[nH]c2ccccc2c1C(=O)NCC#N. The standard InChI is InChI=1S/C12H11N3O/c1-8-11(12(16)14-7-6-13)9-4-2-3-5-10(9)15-8/h2-5,15H,7H2,1H3,(H,14,16). The van der Waals surface area contributed by atoms with Crippen LogP contribution in [0.1, 0.15) is 16.1 Å². The van der Waals surface area contributed by atoms with Crippen molar-refractivity contribution >= 4 is 16.8 Å². The first-order valence-corrected chi connectivity index (χ1v) is 4.96. The highest BCUT2D eigenvalue weighted by molar-refractivity contribution is 6.08. The molecular weight excluding hydrogens is 202 g/mol. The van der Waals surface area contributed by atoms with E-state index in [2.05, 4.69) is 10.3 Å². The van der Waals surface area contributed by atoms with Gasteiger partial charge in [0.25, 0.3) is 5.91 Å². The lowest BCUT2D eigenvalue weighted by atomic mass is 10.1. The molecular formula is C12H11N3O. The maximum Gasteiger partial charge on any atom is 0.254 e. The Hall–Kier alpha value is -2.28. The second-order valence-corrected chi connectivity index (χ2v) is 3.51. The van der Waals surface area contributed by atoms with E-state index in [1.165, 1.54) is 0 Å². The fourth-order valence-corrected chi connectivity index (χ4v) is 1.78. The molecule has 0 aliphatic rings. The minimum Gasteiger partial charge on any atom is -0.358 e. The first kappa shape index (κ1) is 10.2. The van der Waals surface area contributed by atoms with Crippen LogP contribution in [-0.4, -0.2) is 17.4 Å². The molecule has 0 fully saturated rings. The third-order valence-corrected chi connectivity index (χ3v) is 2.45. The Balaban J connectivity index is 2.47. The number of hydrogen-bond donors (Lipinski definition) is 2. The van der Waals surface area contributed by atoms with Gasteiger partial charge in [0.15, 0.2) is 0 Å². The lowest BCUT2D eigenvalue weighted by Crippen LogP contribution is -2.23. The lowest BCUT2D eigenvalue weighted by Gasteiger charge is -2.00. The molecule has 0 radical (unpaired) electrons. The number of aromatic nitrogens is 1. The number of fused-ring (bicyclic) bond motifs is 1. The van der Waals surface area contributed by atoms with Crippen molar-refractivity contribution in [3.05, 3.63) is 35.5 Å². The summed E-state index contributed by atoms with van der Waals surface area (Å²) in [6.07, 6.45) is 0. The van der Waals surface area contributed by atoms with Crippen LogP contribution < -0.4 is 5.32 Å². The number of carbonyl (C=O) groups is 1. The maximum absolute atomic E-state index is 11.8. The molecule has 0 bridgehead atoms. The summed E-state index contributed by atoms with van der Waals surface area (Å²) in [5.41, 5.74) is 2.37. The number of nitriles is 1. The van der Waals surface area contributed by atoms with E-state index >= 15 is 0 Å². The number of para-hydroxylation sites is 1. The van der Waals surface area contributed by atoms with Crippen molar-refractivity contribution < 1.29 is 4.79 Å². The number of hydrogen-bond acceptors (Lipinski definition) is 2. The maximum atomic E-state index is 11.8. The average Bonchev–Trinajstić information content (AvgIpc) is 2.62. The van der Waals surface area contributed by atoms with Gasteiger partial charge in [-0.15, -0.1) is 0 Å². The molecule has 0 unspecified atom stereocenters. The Morgan fingerprint density at radius 3 is 3.00 bits per heavy atom. The van der Waals surface area contributed by atoms with Gasteiger partial charge in [0.2, 0.25) is 0 Å². The number of nitrogens with zero attached hydrogens (tertiary/aromatic N) is 1. The highest BCUT2D eigenvalue weighted by Gasteiger charge is 2.14. The lowest BCUT2D eigenvalue weighted by molar-refractivity contribution is 0.0959. The van der Waals surface area contributed by atoms with Crippen molar-refractivity contribution in [3.63, 3.8) is 0 Å². The molecule has 2 rings (SSSR count). The molecule has 1 heterocycles. The van der Waals surface area contributed by atoms with Crippen molar-refractivity contribution in [2.24, 2.45) is 0 Å². The number of aromatic amines is 1. The van der Waals surface area contributed by atoms with Crippen molar-refractivity contribution in [2.45, 2.75) is 6.92 Å². The van der Waals surface area contributed by atoms with Gasteiger partial charge in [-0.25, -0.2) is 0 Å². The molecule has 0 atom stereocenters. The summed E-state index contributed by atoms with van der Waals surface area (Å²) in [4.78, 5) is 15.0. The quantitative estimate of drug-likeness (QED) is 0.746. The average molecular weight is 213 g/mol. The zero-order valence-corrected chi connectivity index (χ0v) is 8.87. The number of rotatable bonds is 2. The van der Waals surface area contributed by atoms with Gasteiger partial charge >= 0.3 is 0 Å². The fourth-order valence-electron chi connectivity index (χ4n) is 1.78. The third-order valence-electron chi connectivity index (χ3n) is 2.45. The van der Waals surface area contributed by atoms with Crippen molar-refractivity contribution in [2.75, 3.05) is 6.54 Å². The molecule has 1 aromatic heterocycles. The number of aryl methyl sites for hydroxylation is 1. The minimum atomic E-state index is -0.212. The highest BCUT2D eigenvalue weighted by Crippen LogP contribution is 2.21. The van der Waals surface area contributed by atoms with Crippen LogP contribution in [0.3, 0.4) is 0 Å². The van der Waals surface area contributed by atoms with Crippen molar-refractivity contribution in [1.29, 1.82) is 5.26 Å². The van der Waals surface area contributed by atoms with Gasteiger partial charge in [0.05, 0.1) is 11.6 Å². The smallest absolute Gasteiger partial charge is 0.254 e. The topological polar surface area (TPSA) is 68.7 Å². The summed E-state index contributed by atoms with van der Waals surface area (Å²) in [7, 11) is 0. The molecule has 0 spiro atoms. The molecule has 1 amide bonds. The molecule has 4 heteroatoms. The molecule has 80 valence electrons. The molecule has 0 aliphatic heterocycles. The van der Waals surface area contributed by atoms with Crippen LogP contribution in [0.4, 0.5) is 0 Å². The summed E-state index contributed by atoms with van der Waals surface area (Å²) in [5, 5.41) is 11.9. The molecule has 16 heavy (non-hydrogen) atoms. The van der Waals surface area contributed by atoms with Crippen LogP contribution >= 0.6 is 0 Å². The van der Waals surface area contributed by atoms with E-state index in [9.17, 15) is 4.79 Å². The van der Waals surface area contributed by atoms with E-state index in [1.54, 1.807) is 0 Å². The van der Waals surface area contributed by atoms with E-state index in [4.69, 9.17) is 5.26 Å². The van der Waals surface area contributed by atoms with E-state index in [0.717, 1.165) is 16.6 Å². The van der Waals surface area contributed by atoms with Crippen LogP contribution in [0.25, 0.3) is 10.9 Å². The molecule has 4 nitrogen and oxygen atoms in total. The van der Waals surface area contributed by atoms with Crippen LogP contribution in [0, 0.1) is 18.3 Å². The Labute approximate surface area is 92.9 Å². The third kappa shape index (κ3) is 1.63. The van der Waals surface area contributed by atoms with E-state index in [0.29, 0.717) is 5.56 Å². The predicted molar refractivity (Wildman–Crippen MR) is 61.0 cm³/mol. The molecule has 2 N–H and O–H groups in total. The second-order valence-electron chi connectivity index (χ2n) is 3.51. The monoisotopic (exact) mass is 213 g/mol. The van der Waals surface area contributed by atoms with Crippen LogP contribution in [0.5, 0.6) is 0 Å². The van der Waals surface area contributed by atoms with Gasteiger partial charge in [0.1, 0.15) is 6.54 Å². The minimum absolute atomic E-state index is 0.0256.